The lowest BCUT2D eigenvalue weighted by atomic mass is 10.0. The van der Waals surface area contributed by atoms with Crippen molar-refractivity contribution >= 4 is 21.7 Å². The summed E-state index contributed by atoms with van der Waals surface area (Å²) in [5.41, 5.74) is 0.640. The first-order chi connectivity index (χ1) is 8.08. The van der Waals surface area contributed by atoms with Gasteiger partial charge >= 0.3 is 0 Å². The minimum Gasteiger partial charge on any atom is -0.508 e. The zero-order chi connectivity index (χ0) is 12.4. The standard InChI is InChI=1S/C13H9BrO3/c14-9-3-6-12(16)11(7-9)13(17)8-1-4-10(15)5-2-8/h1-7,15-16H. The summed E-state index contributed by atoms with van der Waals surface area (Å²) >= 11 is 3.25. The monoisotopic (exact) mass is 292 g/mol. The average molecular weight is 293 g/mol. The summed E-state index contributed by atoms with van der Waals surface area (Å²) in [4.78, 5) is 12.1. The van der Waals surface area contributed by atoms with Gasteiger partial charge in [-0.1, -0.05) is 15.9 Å². The molecule has 0 radical (unpaired) electrons. The fourth-order valence-corrected chi connectivity index (χ4v) is 1.82. The van der Waals surface area contributed by atoms with Crippen LogP contribution in [0.5, 0.6) is 11.5 Å². The molecular formula is C13H9BrO3. The van der Waals surface area contributed by atoms with Crippen LogP contribution in [0, 0.1) is 0 Å². The average Bonchev–Trinajstić information content (AvgIpc) is 2.32. The van der Waals surface area contributed by atoms with Crippen LogP contribution >= 0.6 is 15.9 Å². The van der Waals surface area contributed by atoms with Gasteiger partial charge in [-0.3, -0.25) is 4.79 Å². The van der Waals surface area contributed by atoms with Crippen molar-refractivity contribution in [1.29, 1.82) is 0 Å². The number of hydrogen-bond acceptors (Lipinski definition) is 3. The molecule has 17 heavy (non-hydrogen) atoms. The van der Waals surface area contributed by atoms with Crippen molar-refractivity contribution in [2.24, 2.45) is 0 Å². The number of ketones is 1. The molecule has 0 saturated heterocycles. The minimum absolute atomic E-state index is 0.0636. The predicted octanol–water partition coefficient (Wildman–Crippen LogP) is 3.09. The van der Waals surface area contributed by atoms with E-state index in [1.165, 1.54) is 30.3 Å². The van der Waals surface area contributed by atoms with E-state index in [1.807, 2.05) is 0 Å². The van der Waals surface area contributed by atoms with E-state index in [1.54, 1.807) is 12.1 Å². The second-order valence-corrected chi connectivity index (χ2v) is 4.45. The van der Waals surface area contributed by atoms with Gasteiger partial charge in [-0.25, -0.2) is 0 Å². The fraction of sp³-hybridized carbons (Fsp3) is 0. The lowest BCUT2D eigenvalue weighted by Gasteiger charge is -2.04. The molecule has 0 atom stereocenters. The van der Waals surface area contributed by atoms with Crippen molar-refractivity contribution in [1.82, 2.24) is 0 Å². The Morgan fingerprint density at radius 1 is 1.00 bits per heavy atom. The van der Waals surface area contributed by atoms with Crippen LogP contribution in [0.25, 0.3) is 0 Å². The second-order valence-electron chi connectivity index (χ2n) is 3.54. The number of rotatable bonds is 2. The Kier molecular flexibility index (Phi) is 3.15. The fourth-order valence-electron chi connectivity index (χ4n) is 1.46. The molecule has 0 aliphatic heterocycles. The van der Waals surface area contributed by atoms with Gasteiger partial charge < -0.3 is 10.2 Å². The zero-order valence-electron chi connectivity index (χ0n) is 8.72. The van der Waals surface area contributed by atoms with Crippen molar-refractivity contribution in [3.63, 3.8) is 0 Å². The summed E-state index contributed by atoms with van der Waals surface area (Å²) in [5, 5.41) is 18.8. The molecule has 0 amide bonds. The van der Waals surface area contributed by atoms with Crippen molar-refractivity contribution < 1.29 is 15.0 Å². The van der Waals surface area contributed by atoms with Crippen LogP contribution in [0.15, 0.2) is 46.9 Å². The van der Waals surface area contributed by atoms with Crippen LogP contribution in [0.2, 0.25) is 0 Å². The Morgan fingerprint density at radius 3 is 2.29 bits per heavy atom. The van der Waals surface area contributed by atoms with Gasteiger partial charge in [0.05, 0.1) is 5.56 Å². The van der Waals surface area contributed by atoms with E-state index in [9.17, 15) is 9.90 Å². The Balaban J connectivity index is 2.43. The molecule has 0 heterocycles. The lowest BCUT2D eigenvalue weighted by molar-refractivity contribution is 0.103. The Morgan fingerprint density at radius 2 is 1.65 bits per heavy atom. The Hall–Kier alpha value is -1.81. The molecule has 2 aromatic carbocycles. The Bertz CT molecular complexity index is 561. The number of carbonyl (C=O) groups excluding carboxylic acids is 1. The number of carbonyl (C=O) groups is 1. The van der Waals surface area contributed by atoms with Gasteiger partial charge in [-0.15, -0.1) is 0 Å². The molecule has 0 spiro atoms. The molecule has 2 N–H and O–H groups in total. The first-order valence-corrected chi connectivity index (χ1v) is 5.69. The van der Waals surface area contributed by atoms with Crippen molar-refractivity contribution in [2.75, 3.05) is 0 Å². The van der Waals surface area contributed by atoms with Crippen LogP contribution in [0.3, 0.4) is 0 Å². The number of phenolic OH excluding ortho intramolecular Hbond substituents is 2. The lowest BCUT2D eigenvalue weighted by Crippen LogP contribution is -2.01. The highest BCUT2D eigenvalue weighted by Crippen LogP contribution is 2.25. The van der Waals surface area contributed by atoms with Crippen LogP contribution in [0.4, 0.5) is 0 Å². The second kappa shape index (κ2) is 4.59. The molecule has 86 valence electrons. The molecule has 0 unspecified atom stereocenters. The van der Waals surface area contributed by atoms with Gasteiger partial charge in [0.25, 0.3) is 0 Å². The van der Waals surface area contributed by atoms with E-state index in [-0.39, 0.29) is 22.8 Å². The molecule has 0 aliphatic rings. The first kappa shape index (κ1) is 11.7. The third-order valence-corrected chi connectivity index (χ3v) is 2.83. The topological polar surface area (TPSA) is 57.5 Å². The molecule has 0 aromatic heterocycles. The molecule has 0 bridgehead atoms. The third-order valence-electron chi connectivity index (χ3n) is 2.33. The maximum atomic E-state index is 12.1. The maximum Gasteiger partial charge on any atom is 0.196 e. The van der Waals surface area contributed by atoms with Crippen LogP contribution in [-0.2, 0) is 0 Å². The molecule has 4 heteroatoms. The van der Waals surface area contributed by atoms with E-state index in [0.29, 0.717) is 5.56 Å². The van der Waals surface area contributed by atoms with Crippen LogP contribution < -0.4 is 0 Å². The minimum atomic E-state index is -0.288. The highest BCUT2D eigenvalue weighted by molar-refractivity contribution is 9.10. The maximum absolute atomic E-state index is 12.1. The largest absolute Gasteiger partial charge is 0.508 e. The molecule has 0 saturated carbocycles. The first-order valence-electron chi connectivity index (χ1n) is 4.90. The number of halogens is 1. The van der Waals surface area contributed by atoms with Gasteiger partial charge in [0.2, 0.25) is 0 Å². The molecule has 0 aliphatic carbocycles. The zero-order valence-corrected chi connectivity index (χ0v) is 10.3. The molecule has 0 fully saturated rings. The van der Waals surface area contributed by atoms with E-state index in [2.05, 4.69) is 15.9 Å². The van der Waals surface area contributed by atoms with Crippen LogP contribution in [0.1, 0.15) is 15.9 Å². The highest BCUT2D eigenvalue weighted by Gasteiger charge is 2.13. The van der Waals surface area contributed by atoms with Crippen molar-refractivity contribution in [3.8, 4) is 11.5 Å². The van der Waals surface area contributed by atoms with Crippen molar-refractivity contribution in [3.05, 3.63) is 58.1 Å². The van der Waals surface area contributed by atoms with E-state index in [0.717, 1.165) is 4.47 Å². The summed E-state index contributed by atoms with van der Waals surface area (Å²) in [6, 6.07) is 10.6. The smallest absolute Gasteiger partial charge is 0.196 e. The molecular weight excluding hydrogens is 284 g/mol. The summed E-state index contributed by atoms with van der Waals surface area (Å²) in [5.74, 6) is -0.255. The summed E-state index contributed by atoms with van der Waals surface area (Å²) in [6.07, 6.45) is 0. The number of benzene rings is 2. The molecule has 3 nitrogen and oxygen atoms in total. The predicted molar refractivity (Wildman–Crippen MR) is 67.3 cm³/mol. The number of hydrogen-bond donors (Lipinski definition) is 2. The van der Waals surface area contributed by atoms with Gasteiger partial charge in [-0.2, -0.15) is 0 Å². The van der Waals surface area contributed by atoms with Crippen molar-refractivity contribution in [2.45, 2.75) is 0 Å². The van der Waals surface area contributed by atoms with E-state index < -0.39 is 0 Å². The summed E-state index contributed by atoms with van der Waals surface area (Å²) in [6.45, 7) is 0. The number of phenols is 2. The molecule has 2 rings (SSSR count). The van der Waals surface area contributed by atoms with Gasteiger partial charge in [0.15, 0.2) is 5.78 Å². The summed E-state index contributed by atoms with van der Waals surface area (Å²) < 4.78 is 0.720. The van der Waals surface area contributed by atoms with Gasteiger partial charge in [0, 0.05) is 10.0 Å². The van der Waals surface area contributed by atoms with Gasteiger partial charge in [0.1, 0.15) is 11.5 Å². The van der Waals surface area contributed by atoms with Crippen LogP contribution in [-0.4, -0.2) is 16.0 Å². The number of aromatic hydroxyl groups is 2. The van der Waals surface area contributed by atoms with Gasteiger partial charge in [-0.05, 0) is 42.5 Å². The van der Waals surface area contributed by atoms with E-state index in [4.69, 9.17) is 5.11 Å². The Labute approximate surface area is 106 Å². The summed E-state index contributed by atoms with van der Waals surface area (Å²) in [7, 11) is 0. The third kappa shape index (κ3) is 2.47. The SMILES string of the molecule is O=C(c1ccc(O)cc1)c1cc(Br)ccc1O. The molecule has 2 aromatic rings. The normalized spacial score (nSPS) is 10.2. The quantitative estimate of drug-likeness (QED) is 0.836. The highest BCUT2D eigenvalue weighted by atomic mass is 79.9. The van der Waals surface area contributed by atoms with E-state index >= 15 is 0 Å².